The summed E-state index contributed by atoms with van der Waals surface area (Å²) in [5.41, 5.74) is 0. The Morgan fingerprint density at radius 1 is 1.83 bits per heavy atom. The summed E-state index contributed by atoms with van der Waals surface area (Å²) in [6.45, 7) is 2.61. The highest BCUT2D eigenvalue weighted by atomic mass is 19.1. The lowest BCUT2D eigenvalue weighted by Crippen LogP contribution is -1.80. The van der Waals surface area contributed by atoms with Crippen molar-refractivity contribution in [3.63, 3.8) is 0 Å². The van der Waals surface area contributed by atoms with Crippen LogP contribution in [0.15, 0.2) is 0 Å². The van der Waals surface area contributed by atoms with Gasteiger partial charge in [0.2, 0.25) is 0 Å². The molecule has 0 aliphatic rings. The molecular formula is C4H8FO. The standard InChI is InChI=1S/C4H8FO/c1-2-3-6-4-5/h3H,2,4H2,1H3. The van der Waals surface area contributed by atoms with Gasteiger partial charge in [0.1, 0.15) is 0 Å². The zero-order valence-electron chi connectivity index (χ0n) is 3.78. The molecule has 0 saturated carbocycles. The molecule has 0 rings (SSSR count). The average molecular weight is 91.1 g/mol. The van der Waals surface area contributed by atoms with E-state index in [9.17, 15) is 4.39 Å². The van der Waals surface area contributed by atoms with Crippen LogP contribution in [-0.4, -0.2) is 6.86 Å². The average Bonchev–Trinajstić information content (AvgIpc) is 1.61. The van der Waals surface area contributed by atoms with E-state index in [1.165, 1.54) is 6.61 Å². The predicted octanol–water partition coefficient (Wildman–Crippen LogP) is 1.50. The van der Waals surface area contributed by atoms with Crippen molar-refractivity contribution >= 4 is 0 Å². The molecule has 0 atom stereocenters. The van der Waals surface area contributed by atoms with Crippen LogP contribution < -0.4 is 0 Å². The molecule has 2 heteroatoms. The van der Waals surface area contributed by atoms with Crippen molar-refractivity contribution in [2.75, 3.05) is 6.86 Å². The highest BCUT2D eigenvalue weighted by Gasteiger charge is 1.76. The van der Waals surface area contributed by atoms with Crippen molar-refractivity contribution in [1.82, 2.24) is 0 Å². The lowest BCUT2D eigenvalue weighted by Gasteiger charge is -1.87. The molecule has 0 spiro atoms. The summed E-state index contributed by atoms with van der Waals surface area (Å²) >= 11 is 0. The van der Waals surface area contributed by atoms with Crippen LogP contribution in [-0.2, 0) is 4.74 Å². The van der Waals surface area contributed by atoms with E-state index in [2.05, 4.69) is 4.74 Å². The Morgan fingerprint density at radius 3 is 2.67 bits per heavy atom. The van der Waals surface area contributed by atoms with E-state index < -0.39 is 6.86 Å². The summed E-state index contributed by atoms with van der Waals surface area (Å²) in [4.78, 5) is 0. The van der Waals surface area contributed by atoms with E-state index in [0.717, 1.165) is 6.42 Å². The smallest absolute Gasteiger partial charge is 0.188 e. The third-order valence-electron chi connectivity index (χ3n) is 0.348. The van der Waals surface area contributed by atoms with Gasteiger partial charge in [-0.25, -0.2) is 4.39 Å². The second-order valence-electron chi connectivity index (χ2n) is 0.851. The normalized spacial score (nSPS) is 9.00. The van der Waals surface area contributed by atoms with E-state index in [1.807, 2.05) is 6.92 Å². The topological polar surface area (TPSA) is 9.23 Å². The summed E-state index contributed by atoms with van der Waals surface area (Å²) < 4.78 is 15.1. The number of rotatable bonds is 3. The van der Waals surface area contributed by atoms with E-state index in [0.29, 0.717) is 0 Å². The molecule has 0 unspecified atom stereocenters. The lowest BCUT2D eigenvalue weighted by molar-refractivity contribution is 0.103. The number of hydrogen-bond acceptors (Lipinski definition) is 1. The van der Waals surface area contributed by atoms with Gasteiger partial charge in [0.05, 0.1) is 6.61 Å². The maximum atomic E-state index is 10.9. The van der Waals surface area contributed by atoms with E-state index in [1.54, 1.807) is 0 Å². The minimum Gasteiger partial charge on any atom is -0.345 e. The summed E-state index contributed by atoms with van der Waals surface area (Å²) in [5, 5.41) is 0. The van der Waals surface area contributed by atoms with Crippen LogP contribution in [0.2, 0.25) is 0 Å². The quantitative estimate of drug-likeness (QED) is 0.478. The van der Waals surface area contributed by atoms with Gasteiger partial charge in [0.25, 0.3) is 0 Å². The zero-order chi connectivity index (χ0) is 4.83. The Hall–Kier alpha value is -0.110. The first-order chi connectivity index (χ1) is 2.91. The molecule has 0 aromatic carbocycles. The van der Waals surface area contributed by atoms with E-state index in [4.69, 9.17) is 0 Å². The van der Waals surface area contributed by atoms with Gasteiger partial charge in [-0.05, 0) is 6.42 Å². The molecule has 1 radical (unpaired) electrons. The highest BCUT2D eigenvalue weighted by molar-refractivity contribution is 4.38. The fraction of sp³-hybridized carbons (Fsp3) is 0.750. The van der Waals surface area contributed by atoms with Crippen molar-refractivity contribution in [3.05, 3.63) is 6.61 Å². The van der Waals surface area contributed by atoms with E-state index >= 15 is 0 Å². The lowest BCUT2D eigenvalue weighted by atomic mass is 10.5. The summed E-state index contributed by atoms with van der Waals surface area (Å²) in [6, 6.07) is 0. The first kappa shape index (κ1) is 5.89. The first-order valence-corrected chi connectivity index (χ1v) is 1.91. The third kappa shape index (κ3) is 3.89. The van der Waals surface area contributed by atoms with Crippen LogP contribution in [0.25, 0.3) is 0 Å². The van der Waals surface area contributed by atoms with Crippen molar-refractivity contribution in [1.29, 1.82) is 0 Å². The molecule has 0 amide bonds. The molecule has 37 valence electrons. The van der Waals surface area contributed by atoms with Gasteiger partial charge < -0.3 is 4.74 Å². The largest absolute Gasteiger partial charge is 0.345 e. The fourth-order valence-corrected chi connectivity index (χ4v) is 0.162. The highest BCUT2D eigenvalue weighted by Crippen LogP contribution is 1.84. The molecule has 1 nitrogen and oxygen atoms in total. The first-order valence-electron chi connectivity index (χ1n) is 1.91. The summed E-state index contributed by atoms with van der Waals surface area (Å²) in [5.74, 6) is 0. The zero-order valence-corrected chi connectivity index (χ0v) is 3.78. The van der Waals surface area contributed by atoms with Gasteiger partial charge in [-0.3, -0.25) is 0 Å². The van der Waals surface area contributed by atoms with Crippen LogP contribution in [0.3, 0.4) is 0 Å². The van der Waals surface area contributed by atoms with Gasteiger partial charge >= 0.3 is 0 Å². The second-order valence-corrected chi connectivity index (χ2v) is 0.851. The molecular weight excluding hydrogens is 83.0 g/mol. The monoisotopic (exact) mass is 91.1 g/mol. The molecule has 0 heterocycles. The fourth-order valence-electron chi connectivity index (χ4n) is 0.162. The van der Waals surface area contributed by atoms with Gasteiger partial charge in [-0.2, -0.15) is 0 Å². The number of halogens is 1. The van der Waals surface area contributed by atoms with Gasteiger partial charge in [0, 0.05) is 0 Å². The minimum atomic E-state index is -0.701. The number of alkyl halides is 1. The number of hydrogen-bond donors (Lipinski definition) is 0. The van der Waals surface area contributed by atoms with Crippen LogP contribution in [0.4, 0.5) is 4.39 Å². The molecule has 0 N–H and O–H groups in total. The van der Waals surface area contributed by atoms with Gasteiger partial charge in [-0.15, -0.1) is 0 Å². The third-order valence-corrected chi connectivity index (χ3v) is 0.348. The van der Waals surface area contributed by atoms with Crippen molar-refractivity contribution in [2.24, 2.45) is 0 Å². The van der Waals surface area contributed by atoms with Crippen molar-refractivity contribution < 1.29 is 9.13 Å². The maximum absolute atomic E-state index is 10.9. The molecule has 0 aromatic rings. The molecule has 0 aromatic heterocycles. The summed E-state index contributed by atoms with van der Waals surface area (Å²) in [7, 11) is 0. The number of ether oxygens (including phenoxy) is 1. The Labute approximate surface area is 37.1 Å². The van der Waals surface area contributed by atoms with Crippen molar-refractivity contribution in [3.8, 4) is 0 Å². The second kappa shape index (κ2) is 4.89. The Balaban J connectivity index is 2.34. The van der Waals surface area contributed by atoms with Crippen LogP contribution >= 0.6 is 0 Å². The Morgan fingerprint density at radius 2 is 2.50 bits per heavy atom. The van der Waals surface area contributed by atoms with Crippen LogP contribution in [0, 0.1) is 6.61 Å². The molecule has 0 bridgehead atoms. The molecule has 0 saturated heterocycles. The minimum absolute atomic E-state index is 0.701. The van der Waals surface area contributed by atoms with Gasteiger partial charge in [-0.1, -0.05) is 6.92 Å². The maximum Gasteiger partial charge on any atom is 0.188 e. The van der Waals surface area contributed by atoms with E-state index in [-0.39, 0.29) is 0 Å². The molecule has 0 aliphatic carbocycles. The Bertz CT molecular complexity index is 19.5. The van der Waals surface area contributed by atoms with Crippen LogP contribution in [0.1, 0.15) is 13.3 Å². The molecule has 0 aliphatic heterocycles. The van der Waals surface area contributed by atoms with Gasteiger partial charge in [0.15, 0.2) is 6.86 Å². The Kier molecular flexibility index (Phi) is 4.80. The molecule has 6 heavy (non-hydrogen) atoms. The SMILES string of the molecule is CC[CH]OCF. The van der Waals surface area contributed by atoms with Crippen LogP contribution in [0.5, 0.6) is 0 Å². The summed E-state index contributed by atoms with van der Waals surface area (Å²) in [6.07, 6.45) is 0.768. The molecule has 0 fully saturated rings. The van der Waals surface area contributed by atoms with Crippen molar-refractivity contribution in [2.45, 2.75) is 13.3 Å². The predicted molar refractivity (Wildman–Crippen MR) is 21.7 cm³/mol.